The van der Waals surface area contributed by atoms with Crippen molar-refractivity contribution in [3.8, 4) is 11.5 Å². The van der Waals surface area contributed by atoms with Gasteiger partial charge >= 0.3 is 5.69 Å². The molecule has 0 atom stereocenters. The van der Waals surface area contributed by atoms with Gasteiger partial charge in [-0.3, -0.25) is 10.1 Å². The lowest BCUT2D eigenvalue weighted by Gasteiger charge is -2.11. The summed E-state index contributed by atoms with van der Waals surface area (Å²) < 4.78 is 19.0. The predicted octanol–water partition coefficient (Wildman–Crippen LogP) is 4.29. The molecule has 2 aromatic carbocycles. The third kappa shape index (κ3) is 3.24. The van der Waals surface area contributed by atoms with Crippen LogP contribution in [0.4, 0.5) is 10.1 Å². The highest BCUT2D eigenvalue weighted by Gasteiger charge is 2.20. The van der Waals surface area contributed by atoms with Crippen LogP contribution in [0.1, 0.15) is 5.56 Å². The molecule has 0 fully saturated rings. The van der Waals surface area contributed by atoms with Crippen molar-refractivity contribution in [3.05, 3.63) is 61.9 Å². The summed E-state index contributed by atoms with van der Waals surface area (Å²) in [6, 6.07) is 6.36. The maximum absolute atomic E-state index is 13.6. The van der Waals surface area contributed by atoms with Crippen molar-refractivity contribution in [3.63, 3.8) is 0 Å². The Bertz CT molecular complexity index is 710. The zero-order chi connectivity index (χ0) is 15.6. The molecule has 21 heavy (non-hydrogen) atoms. The van der Waals surface area contributed by atoms with Gasteiger partial charge in [0.25, 0.3) is 0 Å². The lowest BCUT2D eigenvalue weighted by Crippen LogP contribution is -2.03. The van der Waals surface area contributed by atoms with E-state index in [0.717, 1.165) is 6.07 Å². The lowest BCUT2D eigenvalue weighted by atomic mass is 10.2. The number of hydrogen-bond donors (Lipinski definition) is 1. The first-order valence-corrected chi connectivity index (χ1v) is 6.48. The number of ether oxygens (including phenoxy) is 1. The highest BCUT2D eigenvalue weighted by atomic mass is 35.5. The number of hydrogen-bond acceptors (Lipinski definition) is 4. The Morgan fingerprint density at radius 3 is 2.52 bits per heavy atom. The highest BCUT2D eigenvalue weighted by molar-refractivity contribution is 6.42. The fourth-order valence-corrected chi connectivity index (χ4v) is 2.01. The molecule has 2 rings (SSSR count). The van der Waals surface area contributed by atoms with Crippen molar-refractivity contribution in [1.82, 2.24) is 0 Å². The van der Waals surface area contributed by atoms with Crippen LogP contribution in [0, 0.1) is 15.9 Å². The Labute approximate surface area is 129 Å². The molecule has 0 amide bonds. The summed E-state index contributed by atoms with van der Waals surface area (Å²) in [4.78, 5) is 10.4. The number of halogens is 3. The number of nitrogens with two attached hydrogens (primary N) is 1. The quantitative estimate of drug-likeness (QED) is 0.669. The number of nitro groups is 1. The summed E-state index contributed by atoms with van der Waals surface area (Å²) in [7, 11) is 0. The van der Waals surface area contributed by atoms with E-state index in [1.165, 1.54) is 24.3 Å². The summed E-state index contributed by atoms with van der Waals surface area (Å²) in [5, 5.41) is 11.1. The molecule has 0 aliphatic rings. The van der Waals surface area contributed by atoms with Crippen LogP contribution in [0.25, 0.3) is 0 Å². The molecule has 0 heterocycles. The fraction of sp³-hybridized carbons (Fsp3) is 0.0769. The molecule has 5 nitrogen and oxygen atoms in total. The largest absolute Gasteiger partial charge is 0.450 e. The molecule has 0 radical (unpaired) electrons. The summed E-state index contributed by atoms with van der Waals surface area (Å²) in [5.74, 6) is -0.619. The minimum Gasteiger partial charge on any atom is -0.450 e. The molecule has 0 spiro atoms. The van der Waals surface area contributed by atoms with Crippen LogP contribution in [0.15, 0.2) is 30.3 Å². The van der Waals surface area contributed by atoms with Crippen molar-refractivity contribution < 1.29 is 14.1 Å². The lowest BCUT2D eigenvalue weighted by molar-refractivity contribution is -0.385. The molecular formula is C13H9Cl2FN2O3. The highest BCUT2D eigenvalue weighted by Crippen LogP contribution is 2.39. The molecule has 0 unspecified atom stereocenters. The molecule has 0 saturated heterocycles. The van der Waals surface area contributed by atoms with Gasteiger partial charge in [-0.1, -0.05) is 29.3 Å². The second-order valence-electron chi connectivity index (χ2n) is 4.01. The van der Waals surface area contributed by atoms with Crippen LogP contribution in [0.2, 0.25) is 10.0 Å². The smallest absolute Gasteiger partial charge is 0.313 e. The fourth-order valence-electron chi connectivity index (χ4n) is 1.69. The van der Waals surface area contributed by atoms with Gasteiger partial charge in [0.15, 0.2) is 0 Å². The molecule has 8 heteroatoms. The molecular weight excluding hydrogens is 322 g/mol. The third-order valence-electron chi connectivity index (χ3n) is 2.70. The Morgan fingerprint density at radius 1 is 1.24 bits per heavy atom. The second-order valence-corrected chi connectivity index (χ2v) is 4.83. The summed E-state index contributed by atoms with van der Waals surface area (Å²) in [6.07, 6.45) is 0. The van der Waals surface area contributed by atoms with Crippen molar-refractivity contribution >= 4 is 28.9 Å². The van der Waals surface area contributed by atoms with E-state index < -0.39 is 10.7 Å². The molecule has 2 aromatic rings. The molecule has 0 aliphatic heterocycles. The Balaban J connectivity index is 2.51. The first kappa shape index (κ1) is 15.5. The monoisotopic (exact) mass is 330 g/mol. The van der Waals surface area contributed by atoms with Crippen LogP contribution in [0.5, 0.6) is 11.5 Å². The predicted molar refractivity (Wildman–Crippen MR) is 77.5 cm³/mol. The van der Waals surface area contributed by atoms with Crippen molar-refractivity contribution in [2.24, 2.45) is 5.73 Å². The van der Waals surface area contributed by atoms with E-state index in [1.54, 1.807) is 0 Å². The van der Waals surface area contributed by atoms with Crippen LogP contribution in [-0.4, -0.2) is 4.92 Å². The van der Waals surface area contributed by atoms with Crippen molar-refractivity contribution in [1.29, 1.82) is 0 Å². The van der Waals surface area contributed by atoms with E-state index in [1.807, 2.05) is 0 Å². The standard InChI is InChI=1S/C13H9Cl2FN2O3/c14-8-4-11(18(19)20)13(5-9(8)15)21-12-3-1-2-10(16)7(12)6-17/h1-5H,6,17H2. The average molecular weight is 331 g/mol. The van der Waals surface area contributed by atoms with E-state index in [0.29, 0.717) is 0 Å². The van der Waals surface area contributed by atoms with Gasteiger partial charge in [0.2, 0.25) is 5.75 Å². The van der Waals surface area contributed by atoms with Gasteiger partial charge < -0.3 is 10.5 Å². The van der Waals surface area contributed by atoms with E-state index >= 15 is 0 Å². The van der Waals surface area contributed by atoms with Crippen LogP contribution < -0.4 is 10.5 Å². The zero-order valence-corrected chi connectivity index (χ0v) is 12.0. The first-order valence-electron chi connectivity index (χ1n) is 5.72. The van der Waals surface area contributed by atoms with E-state index in [2.05, 4.69) is 0 Å². The minimum atomic E-state index is -0.668. The third-order valence-corrected chi connectivity index (χ3v) is 3.42. The van der Waals surface area contributed by atoms with E-state index in [-0.39, 0.29) is 39.3 Å². The topological polar surface area (TPSA) is 78.4 Å². The number of rotatable bonds is 4. The number of nitrogens with zero attached hydrogens (tertiary/aromatic N) is 1. The van der Waals surface area contributed by atoms with Gasteiger partial charge in [-0.15, -0.1) is 0 Å². The second kappa shape index (κ2) is 6.26. The van der Waals surface area contributed by atoms with Gasteiger partial charge in [0.1, 0.15) is 11.6 Å². The molecule has 0 aliphatic carbocycles. The molecule has 2 N–H and O–H groups in total. The molecule has 0 bridgehead atoms. The maximum Gasteiger partial charge on any atom is 0.313 e. The minimum absolute atomic E-state index is 0.0222. The summed E-state index contributed by atoms with van der Waals surface area (Å²) in [5.41, 5.74) is 5.19. The normalized spacial score (nSPS) is 10.5. The van der Waals surface area contributed by atoms with Crippen molar-refractivity contribution in [2.75, 3.05) is 0 Å². The SMILES string of the molecule is NCc1c(F)cccc1Oc1cc(Cl)c(Cl)cc1[N+](=O)[O-]. The summed E-state index contributed by atoms with van der Waals surface area (Å²) in [6.45, 7) is -0.114. The van der Waals surface area contributed by atoms with Gasteiger partial charge in [0.05, 0.1) is 15.0 Å². The van der Waals surface area contributed by atoms with Crippen molar-refractivity contribution in [2.45, 2.75) is 6.54 Å². The van der Waals surface area contributed by atoms with Crippen LogP contribution >= 0.6 is 23.2 Å². The molecule has 0 aromatic heterocycles. The first-order chi connectivity index (χ1) is 9.93. The number of benzene rings is 2. The Hall–Kier alpha value is -1.89. The molecule has 0 saturated carbocycles. The number of nitro benzene ring substituents is 1. The Morgan fingerprint density at radius 2 is 1.90 bits per heavy atom. The van der Waals surface area contributed by atoms with Gasteiger partial charge in [-0.05, 0) is 12.1 Å². The van der Waals surface area contributed by atoms with Crippen LogP contribution in [-0.2, 0) is 6.54 Å². The summed E-state index contributed by atoms with van der Waals surface area (Å²) >= 11 is 11.6. The Kier molecular flexibility index (Phi) is 4.62. The van der Waals surface area contributed by atoms with Crippen LogP contribution in [0.3, 0.4) is 0 Å². The zero-order valence-electron chi connectivity index (χ0n) is 10.5. The van der Waals surface area contributed by atoms with E-state index in [4.69, 9.17) is 33.7 Å². The van der Waals surface area contributed by atoms with Gasteiger partial charge in [-0.2, -0.15) is 0 Å². The average Bonchev–Trinajstić information content (AvgIpc) is 2.42. The van der Waals surface area contributed by atoms with Gasteiger partial charge in [-0.25, -0.2) is 4.39 Å². The van der Waals surface area contributed by atoms with E-state index in [9.17, 15) is 14.5 Å². The van der Waals surface area contributed by atoms with Gasteiger partial charge in [0, 0.05) is 24.2 Å². The maximum atomic E-state index is 13.6. The molecule has 110 valence electrons.